The normalized spacial score (nSPS) is 11.8. The molecule has 1 amide bonds. The van der Waals surface area contributed by atoms with Crippen LogP contribution in [0.1, 0.15) is 32.3 Å². The van der Waals surface area contributed by atoms with Crippen LogP contribution in [0.15, 0.2) is 48.0 Å². The van der Waals surface area contributed by atoms with Crippen LogP contribution in [-0.4, -0.2) is 50.5 Å². The Bertz CT molecular complexity index is 562. The molecule has 25 heavy (non-hydrogen) atoms. The Balaban J connectivity index is 2.89. The van der Waals surface area contributed by atoms with Gasteiger partial charge >= 0.3 is 0 Å². The second-order valence-corrected chi connectivity index (χ2v) is 6.33. The zero-order valence-corrected chi connectivity index (χ0v) is 16.0. The molecule has 1 aromatic rings. The average Bonchev–Trinajstić information content (AvgIpc) is 2.64. The van der Waals surface area contributed by atoms with Gasteiger partial charge in [0, 0.05) is 32.6 Å². The van der Waals surface area contributed by atoms with Gasteiger partial charge in [0.1, 0.15) is 6.54 Å². The van der Waals surface area contributed by atoms with Crippen LogP contribution in [0.4, 0.5) is 0 Å². The van der Waals surface area contributed by atoms with Crippen molar-refractivity contribution in [2.75, 3.05) is 33.7 Å². The number of hydrogen-bond acceptors (Lipinski definition) is 2. The molecule has 0 heterocycles. The third-order valence-corrected chi connectivity index (χ3v) is 4.62. The lowest BCUT2D eigenvalue weighted by Crippen LogP contribution is -2.45. The standard InChI is InChI=1S/C20H32N4O/c1-6-14-21-19(22-15-18(25)24(4)5)23-16-20(7-2,8-3)17-12-10-9-11-13-17/h6,9-13H,1,7-8,14-16H2,2-5H3,(H2,21,22,23). The number of hydrogen-bond donors (Lipinski definition) is 2. The molecule has 0 fully saturated rings. The van der Waals surface area contributed by atoms with Crippen LogP contribution in [0.25, 0.3) is 0 Å². The molecule has 0 spiro atoms. The van der Waals surface area contributed by atoms with E-state index >= 15 is 0 Å². The number of nitrogens with zero attached hydrogens (tertiary/aromatic N) is 2. The molecular formula is C20H32N4O. The molecule has 0 saturated carbocycles. The minimum absolute atomic E-state index is 0.0278. The Morgan fingerprint density at radius 1 is 1.20 bits per heavy atom. The first-order valence-electron chi connectivity index (χ1n) is 8.87. The third-order valence-electron chi connectivity index (χ3n) is 4.62. The van der Waals surface area contributed by atoms with Crippen molar-refractivity contribution in [1.29, 1.82) is 0 Å². The second-order valence-electron chi connectivity index (χ2n) is 6.33. The lowest BCUT2D eigenvalue weighted by Gasteiger charge is -2.33. The molecule has 5 heteroatoms. The van der Waals surface area contributed by atoms with E-state index in [4.69, 9.17) is 0 Å². The summed E-state index contributed by atoms with van der Waals surface area (Å²) < 4.78 is 0. The summed E-state index contributed by atoms with van der Waals surface area (Å²) in [6, 6.07) is 10.6. The van der Waals surface area contributed by atoms with E-state index in [-0.39, 0.29) is 17.9 Å². The number of carbonyl (C=O) groups excluding carboxylic acids is 1. The SMILES string of the molecule is C=CCNC(=NCC(=O)N(C)C)NCC(CC)(CC)c1ccccc1. The number of likely N-dealkylation sites (N-methyl/N-ethyl adjacent to an activating group) is 1. The van der Waals surface area contributed by atoms with E-state index in [1.54, 1.807) is 25.1 Å². The first-order valence-corrected chi connectivity index (χ1v) is 8.87. The van der Waals surface area contributed by atoms with Gasteiger partial charge in [-0.1, -0.05) is 50.3 Å². The minimum Gasteiger partial charge on any atom is -0.355 e. The number of carbonyl (C=O) groups is 1. The molecule has 138 valence electrons. The molecule has 0 bridgehead atoms. The van der Waals surface area contributed by atoms with E-state index in [0.717, 1.165) is 19.4 Å². The molecule has 1 rings (SSSR count). The van der Waals surface area contributed by atoms with Crippen molar-refractivity contribution >= 4 is 11.9 Å². The van der Waals surface area contributed by atoms with Gasteiger partial charge in [0.2, 0.25) is 5.91 Å². The quantitative estimate of drug-likeness (QED) is 0.411. The number of benzene rings is 1. The van der Waals surface area contributed by atoms with Crippen molar-refractivity contribution in [3.8, 4) is 0 Å². The molecule has 0 atom stereocenters. The van der Waals surface area contributed by atoms with Crippen molar-refractivity contribution < 1.29 is 4.79 Å². The number of amides is 1. The van der Waals surface area contributed by atoms with Crippen LogP contribution in [0.3, 0.4) is 0 Å². The molecule has 0 aliphatic rings. The van der Waals surface area contributed by atoms with Crippen LogP contribution in [-0.2, 0) is 10.2 Å². The van der Waals surface area contributed by atoms with Crippen LogP contribution in [0, 0.1) is 0 Å². The zero-order valence-electron chi connectivity index (χ0n) is 16.0. The fraction of sp³-hybridized carbons (Fsp3) is 0.500. The molecule has 0 aliphatic carbocycles. The van der Waals surface area contributed by atoms with Gasteiger partial charge < -0.3 is 15.5 Å². The predicted molar refractivity (Wildman–Crippen MR) is 106 cm³/mol. The van der Waals surface area contributed by atoms with Gasteiger partial charge in [0.05, 0.1) is 0 Å². The molecule has 0 aliphatic heterocycles. The highest BCUT2D eigenvalue weighted by molar-refractivity contribution is 5.84. The highest BCUT2D eigenvalue weighted by Crippen LogP contribution is 2.30. The average molecular weight is 345 g/mol. The van der Waals surface area contributed by atoms with Gasteiger partial charge in [0.25, 0.3) is 0 Å². The Labute approximate surface area is 152 Å². The molecule has 0 radical (unpaired) electrons. The van der Waals surface area contributed by atoms with Crippen LogP contribution in [0.5, 0.6) is 0 Å². The molecule has 0 saturated heterocycles. The maximum atomic E-state index is 11.8. The summed E-state index contributed by atoms with van der Waals surface area (Å²) in [7, 11) is 3.47. The highest BCUT2D eigenvalue weighted by Gasteiger charge is 2.28. The topological polar surface area (TPSA) is 56.7 Å². The first-order chi connectivity index (χ1) is 12.0. The summed E-state index contributed by atoms with van der Waals surface area (Å²) in [4.78, 5) is 17.7. The molecule has 0 unspecified atom stereocenters. The van der Waals surface area contributed by atoms with Gasteiger partial charge in [0.15, 0.2) is 5.96 Å². The van der Waals surface area contributed by atoms with Crippen molar-refractivity contribution in [2.45, 2.75) is 32.1 Å². The maximum Gasteiger partial charge on any atom is 0.243 e. The zero-order chi connectivity index (χ0) is 18.7. The van der Waals surface area contributed by atoms with Crippen molar-refractivity contribution in [1.82, 2.24) is 15.5 Å². The van der Waals surface area contributed by atoms with Gasteiger partial charge in [-0.05, 0) is 18.4 Å². The van der Waals surface area contributed by atoms with Crippen molar-refractivity contribution in [2.24, 2.45) is 4.99 Å². The number of guanidine groups is 1. The van der Waals surface area contributed by atoms with Gasteiger partial charge in [-0.2, -0.15) is 0 Å². The van der Waals surface area contributed by atoms with E-state index in [2.05, 4.69) is 60.3 Å². The largest absolute Gasteiger partial charge is 0.355 e. The van der Waals surface area contributed by atoms with Gasteiger partial charge in [-0.3, -0.25) is 4.79 Å². The lowest BCUT2D eigenvalue weighted by molar-refractivity contribution is -0.127. The molecule has 5 nitrogen and oxygen atoms in total. The Hall–Kier alpha value is -2.30. The number of aliphatic imine (C=N–C) groups is 1. The Kier molecular flexibility index (Phi) is 8.75. The summed E-state index contributed by atoms with van der Waals surface area (Å²) in [6.07, 6.45) is 3.81. The molecular weight excluding hydrogens is 312 g/mol. The smallest absolute Gasteiger partial charge is 0.243 e. The first kappa shape index (κ1) is 20.7. The third kappa shape index (κ3) is 6.25. The van der Waals surface area contributed by atoms with Crippen molar-refractivity contribution in [3.63, 3.8) is 0 Å². The monoisotopic (exact) mass is 344 g/mol. The summed E-state index contributed by atoms with van der Waals surface area (Å²) >= 11 is 0. The maximum absolute atomic E-state index is 11.8. The van der Waals surface area contributed by atoms with E-state index in [9.17, 15) is 4.79 Å². The summed E-state index contributed by atoms with van der Waals surface area (Å²) in [6.45, 7) is 9.61. The van der Waals surface area contributed by atoms with E-state index < -0.39 is 0 Å². The number of nitrogens with one attached hydrogen (secondary N) is 2. The lowest BCUT2D eigenvalue weighted by atomic mass is 9.76. The van der Waals surface area contributed by atoms with Gasteiger partial charge in [-0.25, -0.2) is 4.99 Å². The van der Waals surface area contributed by atoms with Crippen LogP contribution in [0.2, 0.25) is 0 Å². The summed E-state index contributed by atoms with van der Waals surface area (Å²) in [5.74, 6) is 0.609. The molecule has 1 aromatic carbocycles. The van der Waals surface area contributed by atoms with E-state index in [1.165, 1.54) is 5.56 Å². The fourth-order valence-electron chi connectivity index (χ4n) is 2.69. The Morgan fingerprint density at radius 3 is 2.36 bits per heavy atom. The highest BCUT2D eigenvalue weighted by atomic mass is 16.2. The number of rotatable bonds is 9. The Morgan fingerprint density at radius 2 is 1.84 bits per heavy atom. The van der Waals surface area contributed by atoms with E-state index in [1.807, 2.05) is 6.07 Å². The molecule has 0 aromatic heterocycles. The van der Waals surface area contributed by atoms with E-state index in [0.29, 0.717) is 12.5 Å². The van der Waals surface area contributed by atoms with Crippen LogP contribution < -0.4 is 10.6 Å². The summed E-state index contributed by atoms with van der Waals surface area (Å²) in [5, 5.41) is 6.60. The second kappa shape index (κ2) is 10.5. The van der Waals surface area contributed by atoms with Crippen LogP contribution >= 0.6 is 0 Å². The molecule has 2 N–H and O–H groups in total. The summed E-state index contributed by atoms with van der Waals surface area (Å²) in [5.41, 5.74) is 1.35. The predicted octanol–water partition coefficient (Wildman–Crippen LogP) is 2.55. The minimum atomic E-state index is -0.0278. The van der Waals surface area contributed by atoms with Gasteiger partial charge in [-0.15, -0.1) is 6.58 Å². The van der Waals surface area contributed by atoms with Crippen molar-refractivity contribution in [3.05, 3.63) is 48.6 Å². The fourth-order valence-corrected chi connectivity index (χ4v) is 2.69.